The molecular weight excluding hydrogens is 386 g/mol. The molecule has 0 aliphatic carbocycles. The van der Waals surface area contributed by atoms with Gasteiger partial charge in [-0.3, -0.25) is 9.78 Å². The van der Waals surface area contributed by atoms with E-state index in [4.69, 9.17) is 5.73 Å². The number of fused-ring (bicyclic) bond motifs is 3. The number of benzene rings is 5. The number of nitrogens with two attached hydrogens (primary N) is 1. The number of hydrogen-bond acceptors (Lipinski definition) is 4. The van der Waals surface area contributed by atoms with Crippen LogP contribution >= 0.6 is 0 Å². The number of aromatic nitrogens is 4. The van der Waals surface area contributed by atoms with Gasteiger partial charge < -0.3 is 10.7 Å². The van der Waals surface area contributed by atoms with Gasteiger partial charge >= 0.3 is 0 Å². The summed E-state index contributed by atoms with van der Waals surface area (Å²) in [6, 6.07) is 26.5. The minimum atomic E-state index is -0.301. The lowest BCUT2D eigenvalue weighted by Crippen LogP contribution is -2.10. The molecule has 148 valence electrons. The maximum Gasteiger partial charge on any atom is 0.278 e. The minimum absolute atomic E-state index is 0.0783. The Balaban J connectivity index is 0.000000143. The Morgan fingerprint density at radius 3 is 2.35 bits per heavy atom. The highest BCUT2D eigenvalue weighted by Gasteiger charge is 2.10. The zero-order valence-corrected chi connectivity index (χ0v) is 16.4. The smallest absolute Gasteiger partial charge is 0.278 e. The van der Waals surface area contributed by atoms with Gasteiger partial charge in [-0.2, -0.15) is 4.98 Å². The number of rotatable bonds is 0. The van der Waals surface area contributed by atoms with Crippen LogP contribution in [0.4, 0.5) is 5.95 Å². The Kier molecular flexibility index (Phi) is 3.67. The van der Waals surface area contributed by atoms with Crippen LogP contribution in [0.1, 0.15) is 0 Å². The second kappa shape index (κ2) is 6.53. The SMILES string of the molecule is Nc1nc2nc[nH]c2c(=O)[nH]1.c1ccc2c(c1)cc1ccc3cccc4ccc2c1c34. The maximum absolute atomic E-state index is 11.0. The summed E-state index contributed by atoms with van der Waals surface area (Å²) in [7, 11) is 0. The maximum atomic E-state index is 11.0. The van der Waals surface area contributed by atoms with Gasteiger partial charge in [-0.05, 0) is 49.2 Å². The van der Waals surface area contributed by atoms with Crippen LogP contribution in [0.25, 0.3) is 54.3 Å². The second-order valence-corrected chi connectivity index (χ2v) is 7.51. The zero-order chi connectivity index (χ0) is 20.9. The molecular formula is C25H17N5O. The van der Waals surface area contributed by atoms with Crippen molar-refractivity contribution < 1.29 is 0 Å². The van der Waals surface area contributed by atoms with Crippen molar-refractivity contribution in [3.8, 4) is 0 Å². The van der Waals surface area contributed by atoms with Crippen LogP contribution in [-0.4, -0.2) is 19.9 Å². The number of nitrogens with one attached hydrogen (secondary N) is 2. The molecule has 0 fully saturated rings. The Morgan fingerprint density at radius 1 is 0.742 bits per heavy atom. The van der Waals surface area contributed by atoms with Crippen LogP contribution in [-0.2, 0) is 0 Å². The summed E-state index contributed by atoms with van der Waals surface area (Å²) in [6.07, 6.45) is 1.40. The quantitative estimate of drug-likeness (QED) is 0.246. The lowest BCUT2D eigenvalue weighted by molar-refractivity contribution is 1.17. The number of aromatic amines is 2. The van der Waals surface area contributed by atoms with Gasteiger partial charge in [-0.1, -0.05) is 66.7 Å². The average molecular weight is 403 g/mol. The van der Waals surface area contributed by atoms with Crippen molar-refractivity contribution in [2.75, 3.05) is 5.73 Å². The summed E-state index contributed by atoms with van der Waals surface area (Å²) in [6.45, 7) is 0. The van der Waals surface area contributed by atoms with E-state index in [0.29, 0.717) is 11.2 Å². The van der Waals surface area contributed by atoms with Crippen molar-refractivity contribution in [1.82, 2.24) is 19.9 Å². The van der Waals surface area contributed by atoms with Crippen LogP contribution < -0.4 is 11.3 Å². The molecule has 6 heteroatoms. The van der Waals surface area contributed by atoms with Gasteiger partial charge in [-0.25, -0.2) is 4.98 Å². The van der Waals surface area contributed by atoms with Gasteiger partial charge in [-0.15, -0.1) is 0 Å². The van der Waals surface area contributed by atoms with Crippen LogP contribution in [0.2, 0.25) is 0 Å². The van der Waals surface area contributed by atoms with Crippen LogP contribution in [0.15, 0.2) is 83.9 Å². The predicted molar refractivity (Wildman–Crippen MR) is 127 cm³/mol. The molecule has 4 N–H and O–H groups in total. The van der Waals surface area contributed by atoms with Crippen molar-refractivity contribution in [2.24, 2.45) is 0 Å². The first kappa shape index (κ1) is 17.4. The van der Waals surface area contributed by atoms with Gasteiger partial charge in [0.1, 0.15) is 0 Å². The van der Waals surface area contributed by atoms with Crippen LogP contribution in [0, 0.1) is 0 Å². The Bertz CT molecular complexity index is 1760. The number of anilines is 1. The molecule has 0 radical (unpaired) electrons. The second-order valence-electron chi connectivity index (χ2n) is 7.51. The summed E-state index contributed by atoms with van der Waals surface area (Å²) in [4.78, 5) is 23.5. The number of nitrogen functional groups attached to an aromatic ring is 1. The molecule has 0 aliphatic heterocycles. The van der Waals surface area contributed by atoms with Crippen molar-refractivity contribution in [2.45, 2.75) is 0 Å². The zero-order valence-electron chi connectivity index (χ0n) is 16.4. The topological polar surface area (TPSA) is 100 Å². The molecule has 0 saturated carbocycles. The largest absolute Gasteiger partial charge is 0.369 e. The Labute approximate surface area is 175 Å². The monoisotopic (exact) mass is 403 g/mol. The fraction of sp³-hybridized carbons (Fsp3) is 0. The summed E-state index contributed by atoms with van der Waals surface area (Å²) in [5.74, 6) is 0.0783. The van der Waals surface area contributed by atoms with E-state index in [0.717, 1.165) is 0 Å². The predicted octanol–water partition coefficient (Wildman–Crippen LogP) is 4.97. The van der Waals surface area contributed by atoms with E-state index in [9.17, 15) is 4.79 Å². The number of H-pyrrole nitrogens is 2. The fourth-order valence-corrected chi connectivity index (χ4v) is 4.35. The van der Waals surface area contributed by atoms with E-state index in [1.807, 2.05) is 0 Å². The molecule has 0 aliphatic rings. The lowest BCUT2D eigenvalue weighted by Gasteiger charge is -2.12. The summed E-state index contributed by atoms with van der Waals surface area (Å²) >= 11 is 0. The van der Waals surface area contributed by atoms with E-state index < -0.39 is 0 Å². The lowest BCUT2D eigenvalue weighted by atomic mass is 9.91. The van der Waals surface area contributed by atoms with Crippen LogP contribution in [0.5, 0.6) is 0 Å². The normalized spacial score (nSPS) is 11.5. The van der Waals surface area contributed by atoms with Gasteiger partial charge in [0.15, 0.2) is 11.2 Å². The molecule has 0 bridgehead atoms. The van der Waals surface area contributed by atoms with Gasteiger partial charge in [0, 0.05) is 0 Å². The van der Waals surface area contributed by atoms with Crippen molar-refractivity contribution in [3.05, 3.63) is 89.5 Å². The highest BCUT2D eigenvalue weighted by atomic mass is 16.1. The van der Waals surface area contributed by atoms with Crippen molar-refractivity contribution >= 4 is 60.2 Å². The molecule has 6 nitrogen and oxygen atoms in total. The van der Waals surface area contributed by atoms with Crippen molar-refractivity contribution in [3.63, 3.8) is 0 Å². The number of nitrogens with zero attached hydrogens (tertiary/aromatic N) is 2. The molecule has 2 aromatic heterocycles. The molecule has 0 spiro atoms. The van der Waals surface area contributed by atoms with Gasteiger partial charge in [0.25, 0.3) is 5.56 Å². The van der Waals surface area contributed by atoms with E-state index in [1.165, 1.54) is 49.4 Å². The standard InChI is InChI=1S/C20H12.C5H5N5O/c1-2-7-17-15(4-1)12-16-9-8-13-5-3-6-14-10-11-18(17)20(16)19(13)14;6-5-9-3-2(4(11)10-5)7-1-8-3/h1-12H;1H,(H4,6,7,8,9,10,11). The highest BCUT2D eigenvalue weighted by molar-refractivity contribution is 6.28. The molecule has 7 aromatic rings. The molecule has 31 heavy (non-hydrogen) atoms. The van der Waals surface area contributed by atoms with Gasteiger partial charge in [0.05, 0.1) is 6.33 Å². The molecule has 7 rings (SSSR count). The van der Waals surface area contributed by atoms with E-state index in [1.54, 1.807) is 0 Å². The van der Waals surface area contributed by atoms with E-state index in [-0.39, 0.29) is 11.5 Å². The third-order valence-electron chi connectivity index (χ3n) is 5.69. The molecule has 0 amide bonds. The Hall–Kier alpha value is -4.45. The minimum Gasteiger partial charge on any atom is -0.369 e. The van der Waals surface area contributed by atoms with Crippen molar-refractivity contribution in [1.29, 1.82) is 0 Å². The Morgan fingerprint density at radius 2 is 1.48 bits per heavy atom. The average Bonchev–Trinajstić information content (AvgIpc) is 3.26. The fourth-order valence-electron chi connectivity index (χ4n) is 4.35. The number of hydrogen-bond donors (Lipinski definition) is 3. The molecule has 0 atom stereocenters. The first-order chi connectivity index (χ1) is 15.2. The molecule has 5 aromatic carbocycles. The molecule has 0 unspecified atom stereocenters. The third-order valence-corrected chi connectivity index (χ3v) is 5.69. The van der Waals surface area contributed by atoms with E-state index in [2.05, 4.69) is 92.7 Å². The summed E-state index contributed by atoms with van der Waals surface area (Å²) in [5.41, 5.74) is 5.65. The third kappa shape index (κ3) is 2.69. The van der Waals surface area contributed by atoms with Crippen LogP contribution in [0.3, 0.4) is 0 Å². The number of imidazole rings is 1. The van der Waals surface area contributed by atoms with Gasteiger partial charge in [0.2, 0.25) is 5.95 Å². The summed E-state index contributed by atoms with van der Waals surface area (Å²) in [5, 5.41) is 10.8. The van der Waals surface area contributed by atoms with E-state index >= 15 is 0 Å². The molecule has 0 saturated heterocycles. The molecule has 2 heterocycles. The first-order valence-corrected chi connectivity index (χ1v) is 9.93. The highest BCUT2D eigenvalue weighted by Crippen LogP contribution is 2.38. The first-order valence-electron chi connectivity index (χ1n) is 9.93. The summed E-state index contributed by atoms with van der Waals surface area (Å²) < 4.78 is 0.